The average molecular weight is 357 g/mol. The van der Waals surface area contributed by atoms with E-state index in [0.29, 0.717) is 0 Å². The Balaban J connectivity index is -0.0000000229. The first kappa shape index (κ1) is 49.5. The molecule has 0 aliphatic carbocycles. The molecule has 0 rings (SSSR count). The molecule has 0 saturated heterocycles. The number of amidine groups is 1. The van der Waals surface area contributed by atoms with Crippen LogP contribution in [0.1, 0.15) is 13.8 Å². The minimum atomic E-state index is -0.833. The Bertz CT molecular complexity index is 273. The van der Waals surface area contributed by atoms with Gasteiger partial charge in [-0.3, -0.25) is 9.59 Å². The fraction of sp³-hybridized carbons (Fsp3) is 0.500. The monoisotopic (exact) mass is 357 g/mol. The largest absolute Gasteiger partial charge is 0.410 e. The van der Waals surface area contributed by atoms with Crippen LogP contribution in [0.4, 0.5) is 9.59 Å². The molecule has 2 amide bonds. The number of hydrogen-bond acceptors (Lipinski definition) is 10. The average Bonchev–Trinajstić information content (AvgIpc) is 2.62. The molecule has 8 radical (unpaired) electrons. The number of carbonyl (C=O) groups excluding carboxylic acids is 2. The predicted molar refractivity (Wildman–Crippen MR) is 102 cm³/mol. The highest BCUT2D eigenvalue weighted by Gasteiger charge is 1.73. The normalized spacial score (nSPS) is 5.84. The van der Waals surface area contributed by atoms with Crippen LogP contribution in [0.25, 0.3) is 0 Å². The Morgan fingerprint density at radius 1 is 1.04 bits per heavy atom. The SMILES string of the molecule is CC.CN.CN.NO.[B]C#N.[B]C(=O)NN.[B]C(N)=NO.[B]C(N)=O. The van der Waals surface area contributed by atoms with Gasteiger partial charge in [-0.2, -0.15) is 0 Å². The van der Waals surface area contributed by atoms with Crippen molar-refractivity contribution in [2.75, 3.05) is 14.1 Å². The van der Waals surface area contributed by atoms with E-state index >= 15 is 0 Å². The fourth-order valence-corrected chi connectivity index (χ4v) is 0. The van der Waals surface area contributed by atoms with Gasteiger partial charge in [-0.25, -0.2) is 17.0 Å². The molecule has 0 unspecified atom stereocenters. The number of hydrazine groups is 1. The Labute approximate surface area is 154 Å². The molecule has 0 atom stereocenters. The van der Waals surface area contributed by atoms with Crippen LogP contribution in [0.3, 0.4) is 0 Å². The van der Waals surface area contributed by atoms with E-state index in [0.717, 1.165) is 0 Å². The Morgan fingerprint density at radius 2 is 1.12 bits per heavy atom. The van der Waals surface area contributed by atoms with Gasteiger partial charge in [0.25, 0.3) is 0 Å². The van der Waals surface area contributed by atoms with Crippen LogP contribution in [0.15, 0.2) is 5.16 Å². The molecule has 0 fully saturated rings. The zero-order chi connectivity index (χ0) is 22.9. The third kappa shape index (κ3) is 2740. The van der Waals surface area contributed by atoms with Crippen molar-refractivity contribution >= 4 is 48.7 Å². The van der Waals surface area contributed by atoms with E-state index in [9.17, 15) is 4.79 Å². The number of amides is 2. The van der Waals surface area contributed by atoms with Crippen LogP contribution in [0.5, 0.6) is 0 Å². The highest BCUT2D eigenvalue weighted by molar-refractivity contribution is 6.58. The molecule has 0 saturated carbocycles. The molecular formula is C8H27B4N9O4. The van der Waals surface area contributed by atoms with Crippen molar-refractivity contribution in [2.24, 2.45) is 39.8 Å². The summed E-state index contributed by atoms with van der Waals surface area (Å²) in [6, 6.07) is 0. The third-order valence-electron chi connectivity index (χ3n) is 0.258. The summed E-state index contributed by atoms with van der Waals surface area (Å²) < 4.78 is 0. The summed E-state index contributed by atoms with van der Waals surface area (Å²) in [4.78, 5) is 18.4. The first-order chi connectivity index (χ1) is 11.7. The zero-order valence-electron chi connectivity index (χ0n) is 14.9. The Kier molecular flexibility index (Phi) is 195. The van der Waals surface area contributed by atoms with E-state index in [1.807, 2.05) is 13.8 Å². The summed E-state index contributed by atoms with van der Waals surface area (Å²) in [5.41, 5.74) is 19.2. The number of primary amides is 1. The molecule has 140 valence electrons. The molecule has 25 heavy (non-hydrogen) atoms. The fourth-order valence-electron chi connectivity index (χ4n) is 0. The van der Waals surface area contributed by atoms with Gasteiger partial charge < -0.3 is 38.8 Å². The summed E-state index contributed by atoms with van der Waals surface area (Å²) in [6.07, 6.45) is 0. The molecule has 0 aromatic rings. The molecule has 0 aliphatic rings. The number of nitrogens with one attached hydrogen (secondary N) is 1. The maximum Gasteiger partial charge on any atom is 0.229 e. The number of rotatable bonds is 0. The predicted octanol–water partition coefficient (Wildman–Crippen LogP) is -4.02. The molecule has 0 aromatic carbocycles. The van der Waals surface area contributed by atoms with Gasteiger partial charge in [0.2, 0.25) is 15.7 Å². The highest BCUT2D eigenvalue weighted by Crippen LogP contribution is 1.43. The Morgan fingerprint density at radius 3 is 1.12 bits per heavy atom. The molecular weight excluding hydrogens is 329 g/mol. The van der Waals surface area contributed by atoms with Gasteiger partial charge in [-0.05, 0) is 20.1 Å². The van der Waals surface area contributed by atoms with E-state index in [2.05, 4.69) is 71.2 Å². The molecule has 0 aliphatic heterocycles. The zero-order valence-corrected chi connectivity index (χ0v) is 14.9. The van der Waals surface area contributed by atoms with E-state index in [1.165, 1.54) is 20.1 Å². The second kappa shape index (κ2) is 98.5. The lowest BCUT2D eigenvalue weighted by molar-refractivity contribution is 0.260. The van der Waals surface area contributed by atoms with Crippen LogP contribution in [0.2, 0.25) is 0 Å². The minimum absolute atomic E-state index is 0.315. The molecule has 0 heterocycles. The summed E-state index contributed by atoms with van der Waals surface area (Å²) in [5.74, 6) is 7.65. The number of nitrogens with zero attached hydrogens (tertiary/aromatic N) is 2. The summed E-state index contributed by atoms with van der Waals surface area (Å²) >= 11 is 0. The highest BCUT2D eigenvalue weighted by atomic mass is 16.4. The molecule has 0 spiro atoms. The maximum absolute atomic E-state index is 9.35. The number of carbonyl (C=O) groups is 2. The van der Waals surface area contributed by atoms with Gasteiger partial charge >= 0.3 is 0 Å². The smallest absolute Gasteiger partial charge is 0.229 e. The minimum Gasteiger partial charge on any atom is -0.410 e. The van der Waals surface area contributed by atoms with Crippen molar-refractivity contribution < 1.29 is 20.0 Å². The van der Waals surface area contributed by atoms with Gasteiger partial charge in [0.05, 0.1) is 5.73 Å². The van der Waals surface area contributed by atoms with E-state index in [1.54, 1.807) is 5.43 Å². The van der Waals surface area contributed by atoms with Gasteiger partial charge in [0.15, 0.2) is 27.3 Å². The van der Waals surface area contributed by atoms with Crippen molar-refractivity contribution in [3.63, 3.8) is 0 Å². The first-order valence-corrected chi connectivity index (χ1v) is 5.74. The van der Waals surface area contributed by atoms with Crippen LogP contribution < -0.4 is 40.1 Å². The molecule has 0 aromatic heterocycles. The lowest BCUT2D eigenvalue weighted by atomic mass is 10.1. The number of nitrogens with two attached hydrogens (primary N) is 6. The van der Waals surface area contributed by atoms with Gasteiger partial charge in [0.1, 0.15) is 0 Å². The molecule has 13 nitrogen and oxygen atoms in total. The van der Waals surface area contributed by atoms with Crippen molar-refractivity contribution in [2.45, 2.75) is 13.8 Å². The van der Waals surface area contributed by atoms with Gasteiger partial charge in [0, 0.05) is 0 Å². The third-order valence-corrected chi connectivity index (χ3v) is 0.258. The maximum atomic E-state index is 9.35. The van der Waals surface area contributed by atoms with Crippen LogP contribution >= 0.6 is 0 Å². The number of hydrogen-bond donors (Lipinski definition) is 9. The summed E-state index contributed by atoms with van der Waals surface area (Å²) in [7, 11) is 20.4. The van der Waals surface area contributed by atoms with E-state index < -0.39 is 11.6 Å². The van der Waals surface area contributed by atoms with Crippen molar-refractivity contribution in [1.82, 2.24) is 5.43 Å². The van der Waals surface area contributed by atoms with Crippen LogP contribution in [-0.2, 0) is 0 Å². The standard InChI is InChI=1S/C2H6.2CH3BN2O.CH2BNO.CBN.2CH5N.H3NO/c1-2;2-1(5)4-3;2-1(3)4-5;2-1(3)4;2-1-3;3*1-2/h1-2H3;3H2,(H,4,5);5H,(H2,3,4);(H2,3,4);;2*2H2,1H3;2H,1H2. The second-order valence-corrected chi connectivity index (χ2v) is 1.56. The lowest BCUT2D eigenvalue weighted by Gasteiger charge is -1.81. The van der Waals surface area contributed by atoms with Crippen LogP contribution in [-0.4, -0.2) is 73.2 Å². The molecule has 15 N–H and O–H groups in total. The van der Waals surface area contributed by atoms with E-state index in [-0.39, 0.29) is 5.73 Å². The van der Waals surface area contributed by atoms with Gasteiger partial charge in [-0.1, -0.05) is 19.0 Å². The quantitative estimate of drug-likeness (QED) is 0.0385. The topological polar surface area (TPSA) is 279 Å². The first-order valence-electron chi connectivity index (χ1n) is 5.74. The molecule has 17 heteroatoms. The van der Waals surface area contributed by atoms with Crippen molar-refractivity contribution in [3.8, 4) is 5.97 Å². The Hall–Kier alpha value is -2.24. The summed E-state index contributed by atoms with van der Waals surface area (Å²) in [5, 5.41) is 23.4. The van der Waals surface area contributed by atoms with Crippen molar-refractivity contribution in [1.29, 1.82) is 5.26 Å². The van der Waals surface area contributed by atoms with Gasteiger partial charge in [-0.15, -0.1) is 0 Å². The summed E-state index contributed by atoms with van der Waals surface area (Å²) in [6.45, 7) is 4.00. The van der Waals surface area contributed by atoms with E-state index in [4.69, 9.17) is 20.5 Å². The van der Waals surface area contributed by atoms with Crippen LogP contribution in [0, 0.1) is 11.2 Å². The lowest BCUT2D eigenvalue weighted by Crippen LogP contribution is -2.28. The van der Waals surface area contributed by atoms with Crippen molar-refractivity contribution in [3.05, 3.63) is 0 Å². The number of oxime groups is 1. The molecule has 0 bridgehead atoms. The number of nitriles is 1. The second-order valence-electron chi connectivity index (χ2n) is 1.56.